The summed E-state index contributed by atoms with van der Waals surface area (Å²) in [6.45, 7) is 2.52. The van der Waals surface area contributed by atoms with Gasteiger partial charge in [0.1, 0.15) is 5.75 Å². The van der Waals surface area contributed by atoms with Crippen molar-refractivity contribution in [2.45, 2.75) is 13.3 Å². The lowest BCUT2D eigenvalue weighted by Gasteiger charge is -2.10. The van der Waals surface area contributed by atoms with E-state index >= 15 is 0 Å². The fourth-order valence-electron chi connectivity index (χ4n) is 1.85. The van der Waals surface area contributed by atoms with E-state index in [2.05, 4.69) is 0 Å². The van der Waals surface area contributed by atoms with Gasteiger partial charge in [-0.1, -0.05) is 17.7 Å². The lowest BCUT2D eigenvalue weighted by atomic mass is 10.1. The van der Waals surface area contributed by atoms with Gasteiger partial charge in [0.05, 0.1) is 18.1 Å². The summed E-state index contributed by atoms with van der Waals surface area (Å²) in [5.41, 5.74) is 1.19. The summed E-state index contributed by atoms with van der Waals surface area (Å²) in [5.74, 6) is 1.56. The standard InChI is InChI=1S/C12H16O3S/c1-10-2-4-12(5-3-10)15-8-11-6-7-16(13,14)9-11/h2-5,11H,6-9H2,1H3. The van der Waals surface area contributed by atoms with Gasteiger partial charge in [-0.25, -0.2) is 8.42 Å². The average molecular weight is 240 g/mol. The highest BCUT2D eigenvalue weighted by Gasteiger charge is 2.28. The summed E-state index contributed by atoms with van der Waals surface area (Å²) >= 11 is 0. The molecule has 16 heavy (non-hydrogen) atoms. The maximum Gasteiger partial charge on any atom is 0.150 e. The number of hydrogen-bond acceptors (Lipinski definition) is 3. The summed E-state index contributed by atoms with van der Waals surface area (Å²) in [4.78, 5) is 0. The van der Waals surface area contributed by atoms with Gasteiger partial charge in [-0.05, 0) is 25.5 Å². The minimum Gasteiger partial charge on any atom is -0.493 e. The van der Waals surface area contributed by atoms with Gasteiger partial charge < -0.3 is 4.74 Å². The van der Waals surface area contributed by atoms with Gasteiger partial charge in [-0.15, -0.1) is 0 Å². The molecular weight excluding hydrogens is 224 g/mol. The minimum absolute atomic E-state index is 0.159. The Labute approximate surface area is 96.4 Å². The Hall–Kier alpha value is -1.03. The van der Waals surface area contributed by atoms with Crippen molar-refractivity contribution < 1.29 is 13.2 Å². The molecule has 1 aromatic rings. The Bertz CT molecular complexity index is 448. The fourth-order valence-corrected chi connectivity index (χ4v) is 3.69. The second-order valence-corrected chi connectivity index (χ2v) is 6.62. The number of ether oxygens (including phenoxy) is 1. The van der Waals surface area contributed by atoms with Crippen molar-refractivity contribution in [3.05, 3.63) is 29.8 Å². The van der Waals surface area contributed by atoms with Crippen molar-refractivity contribution in [2.75, 3.05) is 18.1 Å². The molecule has 1 aromatic carbocycles. The quantitative estimate of drug-likeness (QED) is 0.809. The number of rotatable bonds is 3. The summed E-state index contributed by atoms with van der Waals surface area (Å²) < 4.78 is 28.1. The Kier molecular flexibility index (Phi) is 3.19. The first-order chi connectivity index (χ1) is 7.55. The smallest absolute Gasteiger partial charge is 0.150 e. The predicted octanol–water partition coefficient (Wildman–Crippen LogP) is 1.81. The van der Waals surface area contributed by atoms with Crippen molar-refractivity contribution in [3.63, 3.8) is 0 Å². The SMILES string of the molecule is Cc1ccc(OCC2CCS(=O)(=O)C2)cc1. The molecule has 3 nitrogen and oxygen atoms in total. The van der Waals surface area contributed by atoms with Crippen molar-refractivity contribution in [2.24, 2.45) is 5.92 Å². The molecule has 0 bridgehead atoms. The molecule has 1 unspecified atom stereocenters. The van der Waals surface area contributed by atoms with E-state index in [1.165, 1.54) is 5.56 Å². The maximum atomic E-state index is 11.2. The normalized spacial score (nSPS) is 23.2. The highest BCUT2D eigenvalue weighted by molar-refractivity contribution is 7.91. The third kappa shape index (κ3) is 2.98. The van der Waals surface area contributed by atoms with Crippen LogP contribution < -0.4 is 4.74 Å². The van der Waals surface area contributed by atoms with E-state index < -0.39 is 9.84 Å². The predicted molar refractivity (Wildman–Crippen MR) is 63.4 cm³/mol. The second kappa shape index (κ2) is 4.45. The summed E-state index contributed by atoms with van der Waals surface area (Å²) in [6.07, 6.45) is 0.730. The van der Waals surface area contributed by atoms with E-state index in [0.717, 1.165) is 12.2 Å². The van der Waals surface area contributed by atoms with Gasteiger partial charge in [0, 0.05) is 5.92 Å². The molecule has 0 aliphatic carbocycles. The van der Waals surface area contributed by atoms with Gasteiger partial charge >= 0.3 is 0 Å². The van der Waals surface area contributed by atoms with Crippen LogP contribution in [0, 0.1) is 12.8 Å². The molecule has 2 rings (SSSR count). The van der Waals surface area contributed by atoms with E-state index in [4.69, 9.17) is 4.74 Å². The monoisotopic (exact) mass is 240 g/mol. The number of hydrogen-bond donors (Lipinski definition) is 0. The van der Waals surface area contributed by atoms with Crippen LogP contribution in [0.25, 0.3) is 0 Å². The van der Waals surface area contributed by atoms with E-state index in [-0.39, 0.29) is 11.7 Å². The molecule has 1 atom stereocenters. The molecular formula is C12H16O3S. The van der Waals surface area contributed by atoms with Crippen LogP contribution in [0.3, 0.4) is 0 Å². The molecule has 88 valence electrons. The average Bonchev–Trinajstić information content (AvgIpc) is 2.58. The van der Waals surface area contributed by atoms with E-state index in [0.29, 0.717) is 12.4 Å². The van der Waals surface area contributed by atoms with E-state index in [1.54, 1.807) is 0 Å². The number of benzene rings is 1. The van der Waals surface area contributed by atoms with Crippen LogP contribution in [0.15, 0.2) is 24.3 Å². The van der Waals surface area contributed by atoms with Crippen molar-refractivity contribution in [1.82, 2.24) is 0 Å². The molecule has 0 amide bonds. The van der Waals surface area contributed by atoms with Gasteiger partial charge in [0.2, 0.25) is 0 Å². The largest absolute Gasteiger partial charge is 0.493 e. The Balaban J connectivity index is 1.87. The third-order valence-corrected chi connectivity index (χ3v) is 4.67. The van der Waals surface area contributed by atoms with Gasteiger partial charge in [0.25, 0.3) is 0 Å². The molecule has 1 fully saturated rings. The number of aryl methyl sites for hydroxylation is 1. The Morgan fingerprint density at radius 3 is 2.56 bits per heavy atom. The van der Waals surface area contributed by atoms with Crippen molar-refractivity contribution in [1.29, 1.82) is 0 Å². The van der Waals surface area contributed by atoms with Gasteiger partial charge in [-0.2, -0.15) is 0 Å². The Morgan fingerprint density at radius 1 is 1.31 bits per heavy atom. The van der Waals surface area contributed by atoms with Crippen LogP contribution in [-0.4, -0.2) is 26.5 Å². The van der Waals surface area contributed by atoms with Crippen molar-refractivity contribution >= 4 is 9.84 Å². The highest BCUT2D eigenvalue weighted by Crippen LogP contribution is 2.20. The molecule has 1 aliphatic heterocycles. The maximum absolute atomic E-state index is 11.2. The number of sulfone groups is 1. The van der Waals surface area contributed by atoms with Crippen molar-refractivity contribution in [3.8, 4) is 5.75 Å². The third-order valence-electron chi connectivity index (χ3n) is 2.83. The van der Waals surface area contributed by atoms with E-state index in [1.807, 2.05) is 31.2 Å². The molecule has 1 saturated heterocycles. The highest BCUT2D eigenvalue weighted by atomic mass is 32.2. The molecule has 0 N–H and O–H groups in total. The zero-order chi connectivity index (χ0) is 11.6. The van der Waals surface area contributed by atoms with Gasteiger partial charge in [-0.3, -0.25) is 0 Å². The van der Waals surface area contributed by atoms with Crippen LogP contribution in [-0.2, 0) is 9.84 Å². The second-order valence-electron chi connectivity index (χ2n) is 4.39. The topological polar surface area (TPSA) is 43.4 Å². The summed E-state index contributed by atoms with van der Waals surface area (Å²) in [6, 6.07) is 7.80. The molecule has 0 aromatic heterocycles. The molecule has 0 radical (unpaired) electrons. The molecule has 0 saturated carbocycles. The summed E-state index contributed by atoms with van der Waals surface area (Å²) in [7, 11) is -2.79. The van der Waals surface area contributed by atoms with Gasteiger partial charge in [0.15, 0.2) is 9.84 Å². The summed E-state index contributed by atoms with van der Waals surface area (Å²) in [5, 5.41) is 0. The van der Waals surface area contributed by atoms with Crippen LogP contribution in [0.5, 0.6) is 5.75 Å². The zero-order valence-corrected chi connectivity index (χ0v) is 10.2. The first kappa shape index (κ1) is 11.5. The van der Waals surface area contributed by atoms with E-state index in [9.17, 15) is 8.42 Å². The minimum atomic E-state index is -2.79. The Morgan fingerprint density at radius 2 is 2.00 bits per heavy atom. The van der Waals surface area contributed by atoms with Crippen LogP contribution in [0.4, 0.5) is 0 Å². The molecule has 0 spiro atoms. The molecule has 1 aliphatic rings. The zero-order valence-electron chi connectivity index (χ0n) is 9.35. The fraction of sp³-hybridized carbons (Fsp3) is 0.500. The molecule has 4 heteroatoms. The van der Waals surface area contributed by atoms with Crippen LogP contribution in [0.2, 0.25) is 0 Å². The first-order valence-electron chi connectivity index (χ1n) is 5.45. The lowest BCUT2D eigenvalue weighted by molar-refractivity contribution is 0.263. The lowest BCUT2D eigenvalue weighted by Crippen LogP contribution is -2.13. The molecule has 1 heterocycles. The first-order valence-corrected chi connectivity index (χ1v) is 7.27. The van der Waals surface area contributed by atoms with Crippen LogP contribution in [0.1, 0.15) is 12.0 Å². The van der Waals surface area contributed by atoms with Crippen LogP contribution >= 0.6 is 0 Å².